The fraction of sp³-hybridized carbons (Fsp3) is 0.304. The molecule has 6 aromatic rings. The number of likely N-dealkylation sites (tertiary alicyclic amines) is 1. The third kappa shape index (κ3) is 8.76. The molecule has 60 heavy (non-hydrogen) atoms. The van der Waals surface area contributed by atoms with E-state index < -0.39 is 31.4 Å². The molecule has 9 rings (SSSR count). The summed E-state index contributed by atoms with van der Waals surface area (Å²) in [6.07, 6.45) is 9.80. The first kappa shape index (κ1) is 39.4. The van der Waals surface area contributed by atoms with Crippen LogP contribution >= 0.6 is 0 Å². The molecule has 3 aliphatic rings. The van der Waals surface area contributed by atoms with Crippen LogP contribution in [-0.4, -0.2) is 60.4 Å². The summed E-state index contributed by atoms with van der Waals surface area (Å²) in [5, 5.41) is 15.9. The maximum atomic E-state index is 13.9. The first-order chi connectivity index (χ1) is 29.2. The Hall–Kier alpha value is -6.09. The molecule has 2 aliphatic heterocycles. The zero-order chi connectivity index (χ0) is 41.2. The summed E-state index contributed by atoms with van der Waals surface area (Å²) in [6, 6.07) is 30.0. The highest BCUT2D eigenvalue weighted by molar-refractivity contribution is 7.90. The minimum absolute atomic E-state index is 0.0526. The van der Waals surface area contributed by atoms with Crippen molar-refractivity contribution < 1.29 is 27.6 Å². The SMILES string of the molecule is O=C(NS(=O)(=O)c1ccc(NCC2CCOCC2)c([N+](=O)[O-])c1)c1ccc(-c2ccc(CN3CCC[C@H]3c3cccc(C4CC4)c3)cc2)cc1Oc1cnc2[nH]ccc2c1. The second-order valence-corrected chi connectivity index (χ2v) is 17.7. The number of carbonyl (C=O) groups excluding carboxylic acids is 1. The van der Waals surface area contributed by atoms with Crippen molar-refractivity contribution in [2.45, 2.75) is 61.9 Å². The highest BCUT2D eigenvalue weighted by Crippen LogP contribution is 2.42. The van der Waals surface area contributed by atoms with Crippen molar-refractivity contribution in [1.29, 1.82) is 0 Å². The van der Waals surface area contributed by atoms with Gasteiger partial charge >= 0.3 is 0 Å². The number of nitrogens with one attached hydrogen (secondary N) is 3. The fourth-order valence-corrected chi connectivity index (χ4v) is 9.35. The fourth-order valence-electron chi connectivity index (χ4n) is 8.36. The van der Waals surface area contributed by atoms with Crippen LogP contribution in [0.2, 0.25) is 0 Å². The van der Waals surface area contributed by atoms with Gasteiger partial charge in [-0.1, -0.05) is 54.6 Å². The Morgan fingerprint density at radius 3 is 2.52 bits per heavy atom. The lowest BCUT2D eigenvalue weighted by molar-refractivity contribution is -0.384. The van der Waals surface area contributed by atoms with E-state index in [1.165, 1.54) is 53.9 Å². The number of aromatic amines is 1. The van der Waals surface area contributed by atoms with Gasteiger partial charge in [-0.05, 0) is 121 Å². The molecule has 0 radical (unpaired) electrons. The molecule has 3 fully saturated rings. The largest absolute Gasteiger partial charge is 0.455 e. The molecule has 14 heteroatoms. The molecule has 0 spiro atoms. The van der Waals surface area contributed by atoms with Crippen LogP contribution < -0.4 is 14.8 Å². The van der Waals surface area contributed by atoms with E-state index in [4.69, 9.17) is 9.47 Å². The average molecular weight is 827 g/mol. The summed E-state index contributed by atoms with van der Waals surface area (Å²) >= 11 is 0. The molecule has 4 heterocycles. The quantitative estimate of drug-likeness (QED) is 0.0712. The number of hydrogen-bond donors (Lipinski definition) is 3. The zero-order valence-electron chi connectivity index (χ0n) is 33.0. The standard InChI is InChI=1S/C46H46N6O7S/c53-46(50-60(56,57)39-13-15-41(43(26-39)52(54)55)48-27-30-17-21-58-22-18-30)40-14-12-35(25-44(40)59-38-24-37-16-19-47-45(37)49-28-38)32-8-6-31(7-9-32)29-51-20-2-5-42(51)36-4-1-3-34(23-36)33-10-11-33/h1,3-4,6-9,12-16,19,23-26,28,30,33,42,48H,2,5,10-11,17-18,20-22,27,29H2,(H,47,49)(H,50,53)/t42-/m0/s1. The second-order valence-electron chi connectivity index (χ2n) is 16.0. The van der Waals surface area contributed by atoms with E-state index in [-0.39, 0.29) is 22.9 Å². The van der Waals surface area contributed by atoms with Gasteiger partial charge in [0.15, 0.2) is 0 Å². The molecule has 0 unspecified atom stereocenters. The van der Waals surface area contributed by atoms with Crippen LogP contribution in [0.3, 0.4) is 0 Å². The van der Waals surface area contributed by atoms with E-state index in [2.05, 4.69) is 61.3 Å². The molecule has 4 aromatic carbocycles. The Balaban J connectivity index is 0.948. The third-order valence-electron chi connectivity index (χ3n) is 11.8. The van der Waals surface area contributed by atoms with Crippen molar-refractivity contribution in [2.75, 3.05) is 31.6 Å². The molecule has 1 aliphatic carbocycles. The third-order valence-corrected chi connectivity index (χ3v) is 13.2. The number of benzene rings is 4. The maximum absolute atomic E-state index is 13.9. The van der Waals surface area contributed by atoms with Crippen molar-refractivity contribution in [3.8, 4) is 22.6 Å². The monoisotopic (exact) mass is 826 g/mol. The van der Waals surface area contributed by atoms with Crippen LogP contribution in [0.25, 0.3) is 22.2 Å². The second kappa shape index (κ2) is 16.9. The van der Waals surface area contributed by atoms with Crippen molar-refractivity contribution in [2.24, 2.45) is 5.92 Å². The van der Waals surface area contributed by atoms with Gasteiger partial charge in [0.1, 0.15) is 22.8 Å². The van der Waals surface area contributed by atoms with Gasteiger partial charge in [0.25, 0.3) is 21.6 Å². The van der Waals surface area contributed by atoms with Crippen LogP contribution in [0.15, 0.2) is 114 Å². The van der Waals surface area contributed by atoms with Crippen molar-refractivity contribution in [1.82, 2.24) is 19.6 Å². The minimum atomic E-state index is -4.55. The number of nitrogens with zero attached hydrogens (tertiary/aromatic N) is 3. The normalized spacial score (nSPS) is 17.4. The number of aromatic nitrogens is 2. The van der Waals surface area contributed by atoms with E-state index >= 15 is 0 Å². The molecule has 3 N–H and O–H groups in total. The highest BCUT2D eigenvalue weighted by atomic mass is 32.2. The summed E-state index contributed by atoms with van der Waals surface area (Å²) in [4.78, 5) is 34.9. The summed E-state index contributed by atoms with van der Waals surface area (Å²) in [6.45, 7) is 3.61. The Labute approximate surface area is 348 Å². The van der Waals surface area contributed by atoms with E-state index in [0.29, 0.717) is 37.2 Å². The number of hydrogen-bond acceptors (Lipinski definition) is 10. The van der Waals surface area contributed by atoms with Gasteiger partial charge < -0.3 is 19.8 Å². The number of pyridine rings is 1. The summed E-state index contributed by atoms with van der Waals surface area (Å²) in [5.41, 5.74) is 6.07. The van der Waals surface area contributed by atoms with Crippen LogP contribution in [0, 0.1) is 16.0 Å². The first-order valence-electron chi connectivity index (χ1n) is 20.5. The number of rotatable bonds is 14. The van der Waals surface area contributed by atoms with Gasteiger partial charge in [0.2, 0.25) is 0 Å². The van der Waals surface area contributed by atoms with Gasteiger partial charge in [0.05, 0.1) is 21.6 Å². The summed E-state index contributed by atoms with van der Waals surface area (Å²) in [5.74, 6) is 0.479. The molecule has 2 aromatic heterocycles. The Kier molecular flexibility index (Phi) is 11.1. The van der Waals surface area contributed by atoms with Crippen molar-refractivity contribution in [3.05, 3.63) is 142 Å². The predicted molar refractivity (Wildman–Crippen MR) is 229 cm³/mol. The molecule has 1 atom stereocenters. The van der Waals surface area contributed by atoms with Gasteiger partial charge in [0, 0.05) is 50.0 Å². The molecular weight excluding hydrogens is 781 g/mol. The number of sulfonamides is 1. The number of amides is 1. The number of anilines is 1. The first-order valence-corrected chi connectivity index (χ1v) is 22.0. The average Bonchev–Trinajstić information content (AvgIpc) is 3.84. The minimum Gasteiger partial charge on any atom is -0.455 e. The molecule has 0 bridgehead atoms. The summed E-state index contributed by atoms with van der Waals surface area (Å²) in [7, 11) is -4.55. The number of ether oxygens (including phenoxy) is 2. The molecule has 1 saturated carbocycles. The molecule has 2 saturated heterocycles. The lowest BCUT2D eigenvalue weighted by Crippen LogP contribution is -2.31. The smallest absolute Gasteiger partial charge is 0.293 e. The number of nitro groups is 1. The molecule has 1 amide bonds. The summed E-state index contributed by atoms with van der Waals surface area (Å²) < 4.78 is 41.1. The van der Waals surface area contributed by atoms with Crippen LogP contribution in [0.1, 0.15) is 77.5 Å². The topological polar surface area (TPSA) is 169 Å². The highest BCUT2D eigenvalue weighted by Gasteiger charge is 2.30. The van der Waals surface area contributed by atoms with Gasteiger partial charge in [-0.3, -0.25) is 19.8 Å². The molecule has 308 valence electrons. The number of H-pyrrole nitrogens is 1. The van der Waals surface area contributed by atoms with Gasteiger partial charge in [-0.15, -0.1) is 0 Å². The van der Waals surface area contributed by atoms with Gasteiger partial charge in [-0.2, -0.15) is 0 Å². The number of fused-ring (bicyclic) bond motifs is 1. The lowest BCUT2D eigenvalue weighted by Gasteiger charge is -2.25. The Morgan fingerprint density at radius 1 is 0.917 bits per heavy atom. The van der Waals surface area contributed by atoms with E-state index in [9.17, 15) is 23.3 Å². The molecular formula is C46H46N6O7S. The number of nitro benzene ring substituents is 1. The molecule has 13 nitrogen and oxygen atoms in total. The van der Waals surface area contributed by atoms with Crippen LogP contribution in [0.5, 0.6) is 11.5 Å². The van der Waals surface area contributed by atoms with Crippen molar-refractivity contribution in [3.63, 3.8) is 0 Å². The Morgan fingerprint density at radius 2 is 1.72 bits per heavy atom. The van der Waals surface area contributed by atoms with Crippen LogP contribution in [0.4, 0.5) is 11.4 Å². The predicted octanol–water partition coefficient (Wildman–Crippen LogP) is 9.10. The lowest BCUT2D eigenvalue weighted by atomic mass is 9.99. The van der Waals surface area contributed by atoms with Crippen LogP contribution in [-0.2, 0) is 21.3 Å². The maximum Gasteiger partial charge on any atom is 0.293 e. The van der Waals surface area contributed by atoms with Gasteiger partial charge in [-0.25, -0.2) is 18.1 Å². The zero-order valence-corrected chi connectivity index (χ0v) is 33.8. The van der Waals surface area contributed by atoms with E-state index in [0.717, 1.165) is 67.3 Å². The van der Waals surface area contributed by atoms with E-state index in [1.807, 2.05) is 18.2 Å². The number of carbonyl (C=O) groups is 1. The van der Waals surface area contributed by atoms with E-state index in [1.54, 1.807) is 24.4 Å². The Bertz CT molecular complexity index is 2660. The van der Waals surface area contributed by atoms with Crippen molar-refractivity contribution >= 4 is 38.3 Å².